The van der Waals surface area contributed by atoms with Crippen molar-refractivity contribution in [3.8, 4) is 0 Å². The molecular formula is C15H19ClN2O2. The molecule has 1 aromatic rings. The Morgan fingerprint density at radius 2 is 2.30 bits per heavy atom. The zero-order chi connectivity index (χ0) is 14.4. The number of aliphatic carboxylic acids is 1. The molecular weight excluding hydrogens is 276 g/mol. The van der Waals surface area contributed by atoms with Gasteiger partial charge in [0.05, 0.1) is 12.5 Å². The zero-order valence-corrected chi connectivity index (χ0v) is 12.1. The summed E-state index contributed by atoms with van der Waals surface area (Å²) in [6.07, 6.45) is 3.51. The Bertz CT molecular complexity index is 491. The minimum absolute atomic E-state index is 0.226. The highest BCUT2D eigenvalue weighted by Gasteiger charge is 2.24. The van der Waals surface area contributed by atoms with E-state index in [4.69, 9.17) is 16.7 Å². The van der Waals surface area contributed by atoms with Gasteiger partial charge in [0.25, 0.3) is 0 Å². The Hall–Kier alpha value is -1.39. The van der Waals surface area contributed by atoms with Gasteiger partial charge >= 0.3 is 5.97 Å². The lowest BCUT2D eigenvalue weighted by Gasteiger charge is -2.29. The van der Waals surface area contributed by atoms with Gasteiger partial charge in [-0.15, -0.1) is 0 Å². The fourth-order valence-corrected chi connectivity index (χ4v) is 2.59. The second kappa shape index (κ2) is 7.41. The van der Waals surface area contributed by atoms with Crippen LogP contribution in [0.4, 0.5) is 0 Å². The first-order chi connectivity index (χ1) is 9.66. The molecule has 20 heavy (non-hydrogen) atoms. The molecule has 1 aliphatic heterocycles. The first-order valence-electron chi connectivity index (χ1n) is 6.86. The van der Waals surface area contributed by atoms with Gasteiger partial charge in [-0.2, -0.15) is 0 Å². The molecule has 0 amide bonds. The summed E-state index contributed by atoms with van der Waals surface area (Å²) in [6, 6.07) is 7.58. The van der Waals surface area contributed by atoms with Crippen LogP contribution in [0, 0.1) is 5.92 Å². The lowest BCUT2D eigenvalue weighted by Crippen LogP contribution is -2.39. The Kier molecular flexibility index (Phi) is 5.56. The van der Waals surface area contributed by atoms with Crippen molar-refractivity contribution >= 4 is 23.8 Å². The van der Waals surface area contributed by atoms with E-state index in [1.165, 1.54) is 0 Å². The number of benzene rings is 1. The molecule has 0 saturated carbocycles. The number of likely N-dealkylation sites (tertiary alicyclic amines) is 1. The summed E-state index contributed by atoms with van der Waals surface area (Å²) in [4.78, 5) is 17.5. The van der Waals surface area contributed by atoms with Gasteiger partial charge in [-0.05, 0) is 25.5 Å². The van der Waals surface area contributed by atoms with E-state index >= 15 is 0 Å². The lowest BCUT2D eigenvalue weighted by atomic mass is 9.98. The van der Waals surface area contributed by atoms with Crippen LogP contribution in [-0.2, 0) is 4.79 Å². The van der Waals surface area contributed by atoms with E-state index in [0.717, 1.165) is 31.5 Å². The average molecular weight is 295 g/mol. The predicted octanol–water partition coefficient (Wildman–Crippen LogP) is 2.56. The maximum absolute atomic E-state index is 11.0. The van der Waals surface area contributed by atoms with E-state index in [2.05, 4.69) is 9.89 Å². The molecule has 1 fully saturated rings. The van der Waals surface area contributed by atoms with E-state index in [-0.39, 0.29) is 5.92 Å². The molecule has 0 aliphatic carbocycles. The van der Waals surface area contributed by atoms with Crippen molar-refractivity contribution in [1.82, 2.24) is 4.90 Å². The van der Waals surface area contributed by atoms with Crippen LogP contribution in [0.15, 0.2) is 29.3 Å². The van der Waals surface area contributed by atoms with Crippen molar-refractivity contribution in [2.24, 2.45) is 10.9 Å². The molecule has 1 aromatic carbocycles. The molecule has 1 heterocycles. The van der Waals surface area contributed by atoms with Gasteiger partial charge < -0.3 is 10.0 Å². The Morgan fingerprint density at radius 3 is 3.05 bits per heavy atom. The highest BCUT2D eigenvalue weighted by molar-refractivity contribution is 6.33. The van der Waals surface area contributed by atoms with Crippen molar-refractivity contribution in [1.29, 1.82) is 0 Å². The minimum Gasteiger partial charge on any atom is -0.481 e. The van der Waals surface area contributed by atoms with Crippen molar-refractivity contribution in [3.63, 3.8) is 0 Å². The highest BCUT2D eigenvalue weighted by Crippen LogP contribution is 2.16. The maximum atomic E-state index is 11.0. The largest absolute Gasteiger partial charge is 0.481 e. The topological polar surface area (TPSA) is 52.9 Å². The van der Waals surface area contributed by atoms with Gasteiger partial charge in [-0.1, -0.05) is 29.8 Å². The van der Waals surface area contributed by atoms with Gasteiger partial charge in [0.2, 0.25) is 0 Å². The smallest absolute Gasteiger partial charge is 0.307 e. The number of carboxylic acids is 1. The number of aliphatic imine (C=N–C) groups is 1. The van der Waals surface area contributed by atoms with Crippen molar-refractivity contribution in [3.05, 3.63) is 34.9 Å². The first kappa shape index (κ1) is 15.0. The molecule has 1 saturated heterocycles. The van der Waals surface area contributed by atoms with E-state index < -0.39 is 5.97 Å². The third-order valence-corrected chi connectivity index (χ3v) is 3.88. The third-order valence-electron chi connectivity index (χ3n) is 3.54. The Balaban J connectivity index is 1.78. The minimum atomic E-state index is -0.686. The fraction of sp³-hybridized carbons (Fsp3) is 0.467. The number of rotatable bonds is 5. The summed E-state index contributed by atoms with van der Waals surface area (Å²) < 4.78 is 0. The van der Waals surface area contributed by atoms with Crippen LogP contribution in [0.5, 0.6) is 0 Å². The summed E-state index contributed by atoms with van der Waals surface area (Å²) in [5, 5.41) is 9.73. The summed E-state index contributed by atoms with van der Waals surface area (Å²) >= 11 is 6.04. The van der Waals surface area contributed by atoms with Crippen LogP contribution in [-0.4, -0.2) is 48.4 Å². The van der Waals surface area contributed by atoms with E-state index in [0.29, 0.717) is 18.1 Å². The summed E-state index contributed by atoms with van der Waals surface area (Å²) in [6.45, 7) is 3.06. The SMILES string of the molecule is O=C(O)C1CCCN(CCN=Cc2ccccc2Cl)C1. The number of carboxylic acid groups (broad SMARTS) is 1. The molecule has 0 spiro atoms. The van der Waals surface area contributed by atoms with Crippen LogP contribution in [0.25, 0.3) is 0 Å². The summed E-state index contributed by atoms with van der Waals surface area (Å²) in [5.74, 6) is -0.912. The number of carbonyl (C=O) groups is 1. The van der Waals surface area contributed by atoms with Gasteiger partial charge in [0.1, 0.15) is 0 Å². The second-order valence-electron chi connectivity index (χ2n) is 5.03. The first-order valence-corrected chi connectivity index (χ1v) is 7.24. The van der Waals surface area contributed by atoms with Crippen LogP contribution >= 0.6 is 11.6 Å². The van der Waals surface area contributed by atoms with Crippen LogP contribution < -0.4 is 0 Å². The standard InChI is InChI=1S/C15H19ClN2O2/c16-14-6-2-1-4-12(14)10-17-7-9-18-8-3-5-13(11-18)15(19)20/h1-2,4,6,10,13H,3,5,7-9,11H2,(H,19,20). The van der Waals surface area contributed by atoms with Crippen LogP contribution in [0.2, 0.25) is 5.02 Å². The fourth-order valence-electron chi connectivity index (χ4n) is 2.40. The quantitative estimate of drug-likeness (QED) is 0.849. The highest BCUT2D eigenvalue weighted by atomic mass is 35.5. The van der Waals surface area contributed by atoms with Gasteiger partial charge in [0, 0.05) is 29.9 Å². The average Bonchev–Trinajstić information content (AvgIpc) is 2.45. The number of hydrogen-bond donors (Lipinski definition) is 1. The molecule has 2 rings (SSSR count). The summed E-state index contributed by atoms with van der Waals surface area (Å²) in [7, 11) is 0. The van der Waals surface area contributed by atoms with Crippen LogP contribution in [0.3, 0.4) is 0 Å². The normalized spacial score (nSPS) is 20.4. The van der Waals surface area contributed by atoms with E-state index in [1.807, 2.05) is 24.3 Å². The number of nitrogens with zero attached hydrogens (tertiary/aromatic N) is 2. The molecule has 108 valence electrons. The molecule has 0 radical (unpaired) electrons. The second-order valence-corrected chi connectivity index (χ2v) is 5.44. The van der Waals surface area contributed by atoms with Crippen molar-refractivity contribution < 1.29 is 9.90 Å². The molecule has 5 heteroatoms. The molecule has 1 atom stereocenters. The molecule has 1 N–H and O–H groups in total. The Labute approximate surface area is 124 Å². The van der Waals surface area contributed by atoms with Gasteiger partial charge in [-0.3, -0.25) is 9.79 Å². The van der Waals surface area contributed by atoms with E-state index in [1.54, 1.807) is 6.21 Å². The number of halogens is 1. The lowest BCUT2D eigenvalue weighted by molar-refractivity contribution is -0.143. The number of piperidine rings is 1. The molecule has 0 aromatic heterocycles. The maximum Gasteiger partial charge on any atom is 0.307 e. The Morgan fingerprint density at radius 1 is 1.50 bits per heavy atom. The van der Waals surface area contributed by atoms with Crippen molar-refractivity contribution in [2.45, 2.75) is 12.8 Å². The zero-order valence-electron chi connectivity index (χ0n) is 11.3. The van der Waals surface area contributed by atoms with E-state index in [9.17, 15) is 4.79 Å². The van der Waals surface area contributed by atoms with Gasteiger partial charge in [0.15, 0.2) is 0 Å². The third kappa shape index (κ3) is 4.32. The van der Waals surface area contributed by atoms with Gasteiger partial charge in [-0.25, -0.2) is 0 Å². The molecule has 1 aliphatic rings. The monoisotopic (exact) mass is 294 g/mol. The van der Waals surface area contributed by atoms with Crippen LogP contribution in [0.1, 0.15) is 18.4 Å². The molecule has 1 unspecified atom stereocenters. The number of hydrogen-bond acceptors (Lipinski definition) is 3. The van der Waals surface area contributed by atoms with Crippen molar-refractivity contribution in [2.75, 3.05) is 26.2 Å². The molecule has 0 bridgehead atoms. The predicted molar refractivity (Wildman–Crippen MR) is 80.7 cm³/mol. The molecule has 4 nitrogen and oxygen atoms in total. The summed E-state index contributed by atoms with van der Waals surface area (Å²) in [5.41, 5.74) is 0.913.